The van der Waals surface area contributed by atoms with E-state index in [2.05, 4.69) is 186 Å². The van der Waals surface area contributed by atoms with Gasteiger partial charge in [-0.2, -0.15) is 39.1 Å². The number of hydrogen-bond donors (Lipinski definition) is 4. The van der Waals surface area contributed by atoms with Crippen LogP contribution in [0.15, 0.2) is 210 Å². The molecular weight excluding hydrogens is 1400 g/mol. The molecule has 0 unspecified atom stereocenters. The Morgan fingerprint density at radius 1 is 0.490 bits per heavy atom. The van der Waals surface area contributed by atoms with Crippen molar-refractivity contribution >= 4 is 83.5 Å². The lowest BCUT2D eigenvalue weighted by molar-refractivity contribution is 0.774. The van der Waals surface area contributed by atoms with Crippen LogP contribution >= 0.6 is 39.1 Å². The van der Waals surface area contributed by atoms with Crippen LogP contribution in [0.4, 0.5) is 0 Å². The van der Waals surface area contributed by atoms with Gasteiger partial charge in [-0.1, -0.05) is 107 Å². The second kappa shape index (κ2) is 32.4. The molecule has 0 saturated carbocycles. The number of hydrogen-bond acceptors (Lipinski definition) is 30. The monoisotopic (exact) mass is 1440 g/mol. The number of pyridine rings is 5. The Morgan fingerprint density at radius 3 is 1.89 bits per heavy atom. The number of aromatic amines is 4. The third-order valence-corrected chi connectivity index (χ3v) is 14.3. The van der Waals surface area contributed by atoms with Crippen LogP contribution in [-0.2, 0) is 0 Å². The molecule has 19 rings (SSSR count). The highest BCUT2D eigenvalue weighted by Crippen LogP contribution is 2.25. The predicted octanol–water partition coefficient (Wildman–Crippen LogP) is 6.08. The van der Waals surface area contributed by atoms with E-state index < -0.39 is 0 Å². The minimum Gasteiger partial charge on any atom is -0.265 e. The zero-order valence-corrected chi connectivity index (χ0v) is 54.4. The number of H-pyrrole nitrogens is 4. The minimum atomic E-state index is -0.278. The Balaban J connectivity index is 0.000000109. The number of halogens is 3. The van der Waals surface area contributed by atoms with Crippen LogP contribution in [0, 0.1) is 13.8 Å². The van der Waals surface area contributed by atoms with E-state index in [0.29, 0.717) is 45.4 Å². The van der Waals surface area contributed by atoms with E-state index in [1.54, 1.807) is 53.1 Å². The Morgan fingerprint density at radius 2 is 1.16 bits per heavy atom. The maximum Gasteiger partial charge on any atom is 0.297 e. The molecule has 0 spiro atoms. The highest BCUT2D eigenvalue weighted by Gasteiger charge is 2.15. The molecule has 0 radical (unpaired) electrons. The van der Waals surface area contributed by atoms with Crippen molar-refractivity contribution in [2.75, 3.05) is 0 Å². The average molecular weight is 1440 g/mol. The highest BCUT2D eigenvalue weighted by atomic mass is 79.9. The summed E-state index contributed by atoms with van der Waals surface area (Å²) in [6.45, 7) is 3.39. The molecule has 42 heteroatoms. The van der Waals surface area contributed by atoms with Crippen LogP contribution in [0.1, 0.15) is 11.4 Å². The average Bonchev–Trinajstić information content (AvgIpc) is 1.57. The van der Waals surface area contributed by atoms with Gasteiger partial charge < -0.3 is 0 Å². The van der Waals surface area contributed by atoms with Crippen molar-refractivity contribution in [3.63, 3.8) is 0 Å². The fraction of sp³-hybridized carbons (Fsp3) is 0.0345. The molecule has 4 N–H and O–H groups in total. The molecule has 15 aromatic heterocycles. The Kier molecular flexibility index (Phi) is 21.4. The molecule has 0 saturated heterocycles. The second-order valence-corrected chi connectivity index (χ2v) is 21.2. The van der Waals surface area contributed by atoms with Gasteiger partial charge in [0.15, 0.2) is 17.1 Å². The molecule has 39 nitrogen and oxygen atoms in total. The van der Waals surface area contributed by atoms with Gasteiger partial charge in [0, 0.05) is 69.1 Å². The number of rotatable bonds is 5. The molecule has 19 aromatic rings. The Hall–Kier alpha value is -14.0. The van der Waals surface area contributed by atoms with Crippen LogP contribution in [-0.4, -0.2) is 192 Å². The molecule has 492 valence electrons. The van der Waals surface area contributed by atoms with Crippen LogP contribution < -0.4 is 5.56 Å². The Bertz CT molecular complexity index is 5720. The summed E-state index contributed by atoms with van der Waals surface area (Å²) in [5.41, 5.74) is 8.13. The van der Waals surface area contributed by atoms with Crippen molar-refractivity contribution in [3.8, 4) is 51.4 Å². The van der Waals surface area contributed by atoms with Crippen LogP contribution in [0.5, 0.6) is 0 Å². The highest BCUT2D eigenvalue weighted by molar-refractivity contribution is 9.10. The van der Waals surface area contributed by atoms with Gasteiger partial charge in [0.05, 0.1) is 16.9 Å². The molecule has 0 aliphatic heterocycles. The summed E-state index contributed by atoms with van der Waals surface area (Å²) < 4.78 is 8.28. The largest absolute Gasteiger partial charge is 0.297 e. The van der Waals surface area contributed by atoms with Gasteiger partial charge in [-0.25, -0.2) is 9.50 Å². The van der Waals surface area contributed by atoms with E-state index >= 15 is 0 Å². The molecular formula is C58H43BrCl2N38O. The first-order chi connectivity index (χ1) is 49.1. The van der Waals surface area contributed by atoms with Gasteiger partial charge in [0.1, 0.15) is 16.4 Å². The lowest BCUT2D eigenvalue weighted by Gasteiger charge is -2.05. The first-order valence-electron chi connectivity index (χ1n) is 28.8. The first kappa shape index (κ1) is 66.0. The van der Waals surface area contributed by atoms with Gasteiger partial charge in [0.2, 0.25) is 28.4 Å². The quantitative estimate of drug-likeness (QED) is 0.151. The van der Waals surface area contributed by atoms with Crippen LogP contribution in [0.2, 0.25) is 10.3 Å². The molecule has 0 aliphatic rings. The normalized spacial score (nSPS) is 10.5. The fourth-order valence-corrected chi connectivity index (χ4v) is 9.19. The summed E-state index contributed by atoms with van der Waals surface area (Å²) in [6, 6.07) is 51.9. The van der Waals surface area contributed by atoms with E-state index in [9.17, 15) is 4.79 Å². The van der Waals surface area contributed by atoms with Crippen molar-refractivity contribution in [1.29, 1.82) is 0 Å². The van der Waals surface area contributed by atoms with Crippen molar-refractivity contribution in [2.24, 2.45) is 0 Å². The van der Waals surface area contributed by atoms with E-state index in [1.165, 1.54) is 9.20 Å². The zero-order valence-electron chi connectivity index (χ0n) is 51.3. The molecule has 0 atom stereocenters. The number of fused-ring (bicyclic) bond motifs is 6. The van der Waals surface area contributed by atoms with E-state index in [0.717, 1.165) is 70.0 Å². The summed E-state index contributed by atoms with van der Waals surface area (Å²) in [7, 11) is 0. The summed E-state index contributed by atoms with van der Waals surface area (Å²) in [4.78, 5) is 28.0. The molecule has 4 aromatic carbocycles. The zero-order chi connectivity index (χ0) is 68.8. The summed E-state index contributed by atoms with van der Waals surface area (Å²) in [5, 5.41) is 105. The van der Waals surface area contributed by atoms with E-state index in [-0.39, 0.29) is 16.6 Å². The van der Waals surface area contributed by atoms with E-state index in [4.69, 9.17) is 23.2 Å². The van der Waals surface area contributed by atoms with Gasteiger partial charge in [-0.15, -0.1) is 56.1 Å². The lowest BCUT2D eigenvalue weighted by atomic mass is 10.1. The second-order valence-electron chi connectivity index (χ2n) is 19.6. The van der Waals surface area contributed by atoms with Gasteiger partial charge in [0.25, 0.3) is 11.3 Å². The van der Waals surface area contributed by atoms with Crippen molar-refractivity contribution < 1.29 is 0 Å². The molecule has 0 amide bonds. The number of nitrogens with zero attached hydrogens (tertiary/aromatic N) is 34. The molecule has 100 heavy (non-hydrogen) atoms. The number of aryl methyl sites for hydroxylation is 2. The topological polar surface area (TPSA) is 477 Å². The number of tetrazole rings is 8. The molecule has 0 aliphatic carbocycles. The van der Waals surface area contributed by atoms with Crippen molar-refractivity contribution in [1.82, 2.24) is 192 Å². The predicted molar refractivity (Wildman–Crippen MR) is 358 cm³/mol. The maximum atomic E-state index is 11.1. The number of benzene rings is 4. The maximum absolute atomic E-state index is 11.1. The number of nitrogens with one attached hydrogen (secondary N) is 4. The van der Waals surface area contributed by atoms with Crippen LogP contribution in [0.25, 0.3) is 95.8 Å². The lowest BCUT2D eigenvalue weighted by Crippen LogP contribution is -2.19. The number of aromatic nitrogens is 38. The minimum absolute atomic E-state index is 0.181. The van der Waals surface area contributed by atoms with Crippen molar-refractivity contribution in [3.05, 3.63) is 237 Å². The summed E-state index contributed by atoms with van der Waals surface area (Å²) in [5.74, 6) is 2.58. The van der Waals surface area contributed by atoms with Crippen molar-refractivity contribution in [2.45, 2.75) is 13.8 Å². The summed E-state index contributed by atoms with van der Waals surface area (Å²) in [6.07, 6.45) is 10.5. The van der Waals surface area contributed by atoms with Gasteiger partial charge in [-0.3, -0.25) is 19.7 Å². The third kappa shape index (κ3) is 16.5. The number of para-hydroxylation sites is 1. The standard InChI is InChI=1S/C10H7ClN6.2C10H7N5.C7H5ClN4.C7H6N4.C5H3BrN4.C5H4N4.C4H4N6O/c1-6-8(11)10-14-15-16-17(10)9(13-6)7-2-4-12-5-3-7;1-2-7-6-8(10-12-14-15-13-10)3-4-9(7)11-5-1;1-2-4-8-7(3-1)5-6-11-9(8)10-12-14-15-13-10;8-7-9-10-11-12(7)6-4-2-1-3-5-6;1-2-4-6(5-3-1)7-8-10-11-9-7;6-4-1-2-5-7-8-9-10(5)3-4;1-2-4-9-5(3-1)6-7-8-9;1-2-3(11)10-4(6-5-2)7-8-9-10/h2-5H,1H3;2*1-6H,(H,12,13,14,15);1-5H;1-5H,(H,8,9,10,11);1-3H;1-4H;1H3,(H,6,7,9). The third-order valence-electron chi connectivity index (χ3n) is 13.2. The fourth-order valence-electron chi connectivity index (χ4n) is 8.54. The first-order valence-corrected chi connectivity index (χ1v) is 30.3. The summed E-state index contributed by atoms with van der Waals surface area (Å²) >= 11 is 15.1. The molecule has 0 fully saturated rings. The Labute approximate surface area is 575 Å². The smallest absolute Gasteiger partial charge is 0.265 e. The van der Waals surface area contributed by atoms with Crippen LogP contribution in [0.3, 0.4) is 0 Å². The SMILES string of the molecule is Brc1ccc2nnnn2c1.Cc1nc(-c2ccncc2)n2nnnc2c1Cl.Cc1nnc2nn[nH]n2c1=O.Clc1nnnn1-c1ccccc1.c1ccc(-c2nn[nH]n2)cc1.c1ccc2c(-c3nn[nH]n3)nccc2c1.c1ccn2nnnc2c1.c1cnc2ccc(-c3nn[nH]n3)cc2c1. The van der Waals surface area contributed by atoms with E-state index in [1.807, 2.05) is 171 Å². The molecule has 0 bridgehead atoms. The van der Waals surface area contributed by atoms with Gasteiger partial charge in [-0.05, 0) is 188 Å². The molecule has 15 heterocycles. The van der Waals surface area contributed by atoms with Gasteiger partial charge >= 0.3 is 0 Å².